The van der Waals surface area contributed by atoms with Crippen LogP contribution in [0.3, 0.4) is 0 Å². The molecule has 85 heavy (non-hydrogen) atoms. The molecule has 0 spiro atoms. The second-order valence-corrected chi connectivity index (χ2v) is 32.8. The Labute approximate surface area is 528 Å². The molecule has 6 rings (SSSR count). The Balaban J connectivity index is 0.991. The van der Waals surface area contributed by atoms with Crippen LogP contribution in [-0.4, -0.2) is 97.4 Å². The van der Waals surface area contributed by atoms with E-state index in [1.165, 1.54) is 0 Å². The van der Waals surface area contributed by atoms with Crippen molar-refractivity contribution in [2.24, 2.45) is 22.7 Å². The van der Waals surface area contributed by atoms with Crippen LogP contribution in [-0.2, 0) is 38.9 Å². The van der Waals surface area contributed by atoms with Crippen LogP contribution < -0.4 is 10.6 Å². The number of amides is 4. The third-order valence-electron chi connectivity index (χ3n) is 17.8. The van der Waals surface area contributed by atoms with Crippen LogP contribution in [0.25, 0.3) is 0 Å². The Morgan fingerprint density at radius 2 is 0.800 bits per heavy atom. The van der Waals surface area contributed by atoms with Gasteiger partial charge in [-0.3, -0.25) is 19.2 Å². The molecule has 12 nitrogen and oxygen atoms in total. The highest BCUT2D eigenvalue weighted by Crippen LogP contribution is 2.54. The van der Waals surface area contributed by atoms with Crippen molar-refractivity contribution in [2.75, 3.05) is 24.6 Å². The van der Waals surface area contributed by atoms with Crippen molar-refractivity contribution in [1.82, 2.24) is 20.4 Å². The second kappa shape index (κ2) is 30.8. The van der Waals surface area contributed by atoms with Gasteiger partial charge in [0.2, 0.25) is 23.6 Å². The van der Waals surface area contributed by atoms with Gasteiger partial charge < -0.3 is 20.4 Å². The van der Waals surface area contributed by atoms with Crippen LogP contribution in [0.15, 0.2) is 97.1 Å². The first-order chi connectivity index (χ1) is 40.0. The Hall–Kier alpha value is -4.18. The van der Waals surface area contributed by atoms with Crippen molar-refractivity contribution in [1.29, 1.82) is 0 Å². The van der Waals surface area contributed by atoms with Crippen LogP contribution in [0.2, 0.25) is 20.1 Å². The summed E-state index contributed by atoms with van der Waals surface area (Å²) in [6, 6.07) is 27.4. The molecule has 2 heterocycles. The van der Waals surface area contributed by atoms with Crippen LogP contribution in [0.1, 0.15) is 199 Å². The van der Waals surface area contributed by atoms with Gasteiger partial charge in [0.25, 0.3) is 0 Å². The second-order valence-electron chi connectivity index (χ2n) is 25.9. The molecule has 468 valence electrons. The maximum Gasteiger partial charge on any atom is 0.229 e. The summed E-state index contributed by atoms with van der Waals surface area (Å²) in [7, 11) is -7.19. The average Bonchev–Trinajstić information content (AvgIpc) is 0.993. The van der Waals surface area contributed by atoms with E-state index in [2.05, 4.69) is 10.6 Å². The zero-order chi connectivity index (χ0) is 62.6. The van der Waals surface area contributed by atoms with E-state index in [1.807, 2.05) is 102 Å². The molecule has 2 aliphatic rings. The lowest BCUT2D eigenvalue weighted by atomic mass is 9.66. The minimum absolute atomic E-state index is 0.0548. The molecular weight excluding hydrogens is 1190 g/mol. The van der Waals surface area contributed by atoms with Gasteiger partial charge in [-0.25, -0.2) is 16.8 Å². The fourth-order valence-electron chi connectivity index (χ4n) is 12.6. The van der Waals surface area contributed by atoms with Gasteiger partial charge in [0.1, 0.15) is 0 Å². The number of halogens is 4. The first kappa shape index (κ1) is 69.9. The number of sulfone groups is 2. The van der Waals surface area contributed by atoms with E-state index >= 15 is 9.59 Å². The largest absolute Gasteiger partial charge is 0.356 e. The maximum absolute atomic E-state index is 15.2. The molecule has 4 aromatic rings. The highest BCUT2D eigenvalue weighted by Gasteiger charge is 2.55. The van der Waals surface area contributed by atoms with Gasteiger partial charge >= 0.3 is 0 Å². The molecule has 8 atom stereocenters. The molecule has 0 unspecified atom stereocenters. The smallest absolute Gasteiger partial charge is 0.229 e. The number of nitrogens with one attached hydrogen (secondary N) is 2. The SMILES string of the molecule is CC(C)[C@@H](CS(=O)(=O)C(C)C)N1C(=O)[C@@](C)(CC(=O)NCCCCCCCCCCCNC(=O)C[C@@]2(C)C[C@H](c3cccc(Cl)c3)[C@@H](c3ccc(Cl)cc3)N([C@H](CS(=O)(=O)C(C)C)C(C)C)C2=O)C[C@H](c2cccc(Cl)c2)[C@H]1c1ccc(Cl)cc1. The molecule has 0 saturated carbocycles. The van der Waals surface area contributed by atoms with Gasteiger partial charge in [0, 0.05) is 69.9 Å². The summed E-state index contributed by atoms with van der Waals surface area (Å²) in [6.07, 6.45) is 9.23. The predicted octanol–water partition coefficient (Wildman–Crippen LogP) is 15.3. The normalized spacial score (nSPS) is 22.1. The lowest BCUT2D eigenvalue weighted by molar-refractivity contribution is -0.158. The molecule has 2 aliphatic heterocycles. The number of piperidine rings is 2. The van der Waals surface area contributed by atoms with E-state index in [9.17, 15) is 26.4 Å². The molecule has 2 N–H and O–H groups in total. The van der Waals surface area contributed by atoms with E-state index in [0.29, 0.717) is 46.0 Å². The Kier molecular flexibility index (Phi) is 25.4. The molecule has 0 aliphatic carbocycles. The van der Waals surface area contributed by atoms with Gasteiger partial charge in [-0.2, -0.15) is 0 Å². The van der Waals surface area contributed by atoms with Crippen LogP contribution in [0.4, 0.5) is 0 Å². The lowest BCUT2D eigenvalue weighted by Crippen LogP contribution is -2.59. The minimum atomic E-state index is -3.59. The molecule has 2 fully saturated rings. The maximum atomic E-state index is 15.2. The zero-order valence-electron chi connectivity index (χ0n) is 51.5. The number of hydrogen-bond donors (Lipinski definition) is 2. The third kappa shape index (κ3) is 18.5. The molecule has 2 saturated heterocycles. The van der Waals surface area contributed by atoms with Crippen molar-refractivity contribution in [2.45, 2.75) is 199 Å². The summed E-state index contributed by atoms with van der Waals surface area (Å²) in [5.74, 6) is -2.45. The first-order valence-corrected chi connectivity index (χ1v) is 35.6. The van der Waals surface area contributed by atoms with E-state index < -0.39 is 65.2 Å². The van der Waals surface area contributed by atoms with E-state index in [0.717, 1.165) is 80.0 Å². The van der Waals surface area contributed by atoms with Crippen LogP contribution in [0, 0.1) is 22.7 Å². The van der Waals surface area contributed by atoms with Crippen LogP contribution >= 0.6 is 46.4 Å². The topological polar surface area (TPSA) is 167 Å². The number of hydrogen-bond acceptors (Lipinski definition) is 8. The number of unbranched alkanes of at least 4 members (excludes halogenated alkanes) is 8. The summed E-state index contributed by atoms with van der Waals surface area (Å²) in [6.45, 7) is 19.0. The molecule has 18 heteroatoms. The fourth-order valence-corrected chi connectivity index (χ4v) is 16.1. The van der Waals surface area contributed by atoms with Crippen molar-refractivity contribution in [3.8, 4) is 0 Å². The Bertz CT molecular complexity index is 2920. The van der Waals surface area contributed by atoms with E-state index in [1.54, 1.807) is 73.9 Å². The minimum Gasteiger partial charge on any atom is -0.356 e. The molecular formula is C67H92Cl4N4O8S2. The average molecular weight is 1290 g/mol. The van der Waals surface area contributed by atoms with Crippen molar-refractivity contribution >= 4 is 89.7 Å². The van der Waals surface area contributed by atoms with Gasteiger partial charge in [-0.05, 0) is 136 Å². The summed E-state index contributed by atoms with van der Waals surface area (Å²) < 4.78 is 54.7. The monoisotopic (exact) mass is 1280 g/mol. The van der Waals surface area contributed by atoms with Gasteiger partial charge in [0.05, 0.1) is 44.9 Å². The highest BCUT2D eigenvalue weighted by molar-refractivity contribution is 7.92. The van der Waals surface area contributed by atoms with E-state index in [4.69, 9.17) is 46.4 Å². The zero-order valence-corrected chi connectivity index (χ0v) is 56.2. The number of benzene rings is 4. The number of likely N-dealkylation sites (tertiary alicyclic amines) is 2. The summed E-state index contributed by atoms with van der Waals surface area (Å²) >= 11 is 26.0. The molecule has 4 aromatic carbocycles. The molecule has 4 amide bonds. The standard InChI is InChI=1S/C67H92Cl4N4O8S2/c1-44(2)58(42-84(80,81)46(5)6)74-62(48-26-30-52(68)31-27-48)56(50-22-20-24-54(70)36-50)38-66(9,64(74)78)40-60(76)72-34-18-16-14-12-11-13-15-17-19-35-73-61(77)41-67(10)39-57(51-23-21-25-55(71)37-51)63(49-28-32-53(69)33-29-49)75(65(67)79)59(45(3)4)43-85(82,83)47(7)8/h20-33,36-37,44-47,56-59,62-63H,11-19,34-35,38-43H2,1-10H3,(H,72,76)(H,73,77)/t56-,57-,58-,59-,62-,63-,66-,67-/m1/s1. The summed E-state index contributed by atoms with van der Waals surface area (Å²) in [5.41, 5.74) is 1.14. The predicted molar refractivity (Wildman–Crippen MR) is 348 cm³/mol. The highest BCUT2D eigenvalue weighted by atomic mass is 35.5. The van der Waals surface area contributed by atoms with Crippen molar-refractivity contribution in [3.63, 3.8) is 0 Å². The van der Waals surface area contributed by atoms with Gasteiger partial charge in [-0.15, -0.1) is 0 Å². The number of rotatable bonds is 30. The third-order valence-corrected chi connectivity index (χ3v) is 23.2. The molecule has 0 radical (unpaired) electrons. The van der Waals surface area contributed by atoms with Gasteiger partial charge in [-0.1, -0.05) is 181 Å². The summed E-state index contributed by atoms with van der Waals surface area (Å²) in [4.78, 5) is 61.7. The molecule has 0 bridgehead atoms. The summed E-state index contributed by atoms with van der Waals surface area (Å²) in [5, 5.41) is 7.08. The number of carbonyl (C=O) groups excluding carboxylic acids is 4. The van der Waals surface area contributed by atoms with Crippen molar-refractivity contribution in [3.05, 3.63) is 139 Å². The Morgan fingerprint density at radius 3 is 1.09 bits per heavy atom. The number of nitrogens with zero attached hydrogens (tertiary/aromatic N) is 2. The fraction of sp³-hybridized carbons (Fsp3) is 0.582. The van der Waals surface area contributed by atoms with Gasteiger partial charge in [0.15, 0.2) is 19.7 Å². The van der Waals surface area contributed by atoms with E-state index in [-0.39, 0.29) is 71.6 Å². The molecule has 0 aromatic heterocycles. The number of carbonyl (C=O) groups is 4. The van der Waals surface area contributed by atoms with Crippen molar-refractivity contribution < 1.29 is 36.0 Å². The lowest BCUT2D eigenvalue weighted by Gasteiger charge is -2.53. The quantitative estimate of drug-likeness (QED) is 0.0487. The first-order valence-electron chi connectivity index (χ1n) is 30.6. The van der Waals surface area contributed by atoms with Crippen LogP contribution in [0.5, 0.6) is 0 Å². The Morgan fingerprint density at radius 1 is 0.482 bits per heavy atom.